The summed E-state index contributed by atoms with van der Waals surface area (Å²) >= 11 is 0. The SMILES string of the molecule is C.C.CC[C@H]1[C@@H](O)[C@@H]2[C@H](CC[C@]3(C)[C@@H]([C@H](C)CCC(=O)O)CC[C@@H]23)[C@@]2(C)CC[C@@H](O)C[C@@H]12.CC[C@H]1[C@@H](OC(C)=O)[C@@H]2[C@H](CC[C@]3(C)[C@@H]([C@H](C)CCC(=O)O)CC[C@@H]23)[C@@]2(C)CC[C@@H](C)C[C@@H]12. The lowest BCUT2D eigenvalue weighted by atomic mass is 9.41. The summed E-state index contributed by atoms with van der Waals surface area (Å²) in [7, 11) is 0. The third-order valence-electron chi connectivity index (χ3n) is 22.5. The van der Waals surface area contributed by atoms with Crippen LogP contribution < -0.4 is 0 Å². The van der Waals surface area contributed by atoms with Crippen molar-refractivity contribution in [2.24, 2.45) is 110 Å². The van der Waals surface area contributed by atoms with Gasteiger partial charge in [0.25, 0.3) is 0 Å². The van der Waals surface area contributed by atoms with Gasteiger partial charge in [0.2, 0.25) is 0 Å². The van der Waals surface area contributed by atoms with Crippen LogP contribution in [0.2, 0.25) is 0 Å². The van der Waals surface area contributed by atoms with Crippen LogP contribution in [-0.2, 0) is 19.1 Å². The molecule has 8 aliphatic rings. The summed E-state index contributed by atoms with van der Waals surface area (Å²) in [5.74, 6) is 6.40. The molecular weight excluding hydrogens is 813 g/mol. The molecule has 0 heterocycles. The summed E-state index contributed by atoms with van der Waals surface area (Å²) in [6.45, 7) is 23.2. The van der Waals surface area contributed by atoms with Gasteiger partial charge in [-0.2, -0.15) is 0 Å². The number of aliphatic hydroxyl groups excluding tert-OH is 2. The summed E-state index contributed by atoms with van der Waals surface area (Å²) in [5, 5.41) is 40.5. The van der Waals surface area contributed by atoms with Crippen LogP contribution in [0.1, 0.15) is 213 Å². The maximum atomic E-state index is 12.4. The van der Waals surface area contributed by atoms with E-state index in [4.69, 9.17) is 9.84 Å². The lowest BCUT2D eigenvalue weighted by molar-refractivity contribution is -0.213. The van der Waals surface area contributed by atoms with E-state index < -0.39 is 11.9 Å². The molecule has 0 saturated heterocycles. The number of aliphatic carboxylic acids is 2. The lowest BCUT2D eigenvalue weighted by Crippen LogP contribution is -2.62. The molecule has 4 N–H and O–H groups in total. The van der Waals surface area contributed by atoms with Gasteiger partial charge in [-0.05, 0) is 207 Å². The molecule has 8 rings (SSSR count). The molecule has 0 spiro atoms. The number of carboxylic acids is 2. The maximum Gasteiger partial charge on any atom is 0.303 e. The quantitative estimate of drug-likeness (QED) is 0.150. The first-order valence-electron chi connectivity index (χ1n) is 26.6. The number of hydrogen-bond acceptors (Lipinski definition) is 6. The first-order valence-corrected chi connectivity index (χ1v) is 26.6. The Bertz CT molecular complexity index is 1630. The van der Waals surface area contributed by atoms with Gasteiger partial charge in [0.05, 0.1) is 12.2 Å². The Morgan fingerprint density at radius 1 is 0.585 bits per heavy atom. The van der Waals surface area contributed by atoms with Crippen molar-refractivity contribution in [2.45, 2.75) is 231 Å². The lowest BCUT2D eigenvalue weighted by Gasteiger charge is -2.65. The van der Waals surface area contributed by atoms with Gasteiger partial charge in [-0.1, -0.05) is 90.0 Å². The van der Waals surface area contributed by atoms with Crippen LogP contribution >= 0.6 is 0 Å². The smallest absolute Gasteiger partial charge is 0.303 e. The molecule has 0 unspecified atom stereocenters. The summed E-state index contributed by atoms with van der Waals surface area (Å²) in [6.07, 6.45) is 20.3. The normalized spacial score (nSPS) is 48.0. The first-order chi connectivity index (χ1) is 29.7. The van der Waals surface area contributed by atoms with E-state index in [0.717, 1.165) is 50.9 Å². The molecule has 0 aromatic heterocycles. The average molecular weight is 913 g/mol. The molecule has 8 fully saturated rings. The van der Waals surface area contributed by atoms with Crippen molar-refractivity contribution in [1.82, 2.24) is 0 Å². The number of hydrogen-bond donors (Lipinski definition) is 4. The molecule has 8 aliphatic carbocycles. The highest BCUT2D eigenvalue weighted by molar-refractivity contribution is 5.67. The van der Waals surface area contributed by atoms with Crippen LogP contribution in [0.5, 0.6) is 0 Å². The monoisotopic (exact) mass is 913 g/mol. The number of carboxylic acid groups (broad SMARTS) is 2. The van der Waals surface area contributed by atoms with Gasteiger partial charge >= 0.3 is 17.9 Å². The van der Waals surface area contributed by atoms with E-state index in [9.17, 15) is 29.7 Å². The highest BCUT2D eigenvalue weighted by atomic mass is 16.5. The standard InChI is InChI=1S/C29H48O4.C26H44O4.2CH4/c1-7-20-24-16-17(2)12-14-29(24,6)23-13-15-28(5)21(18(3)8-11-25(31)32)9-10-22(28)26(23)27(20)33-19(4)30;1-5-17-21-14-16(27)10-12-26(21,4)20-11-13-25(3)18(15(2)6-9-22(28)29)7-8-19(25)23(20)24(17)30;;/h17-18,20-24,26-27H,7-16H2,1-6H3,(H,31,32);15-21,23-24,27,30H,5-14H2,1-4H3,(H,28,29);2*1H4/t17-,18-,20-,21-,22+,23+,24+,26+,27-,28-,29-;15-,16-,17-,18-,19+,20+,21+,23+,24-,25-,26-;;/m11../s1. The fraction of sp³-hybridized carbons (Fsp3) is 0.947. The molecule has 0 aliphatic heterocycles. The molecule has 376 valence electrons. The molecule has 0 aromatic rings. The molecular formula is C57H100O8. The minimum absolute atomic E-state index is 0. The zero-order valence-corrected chi connectivity index (χ0v) is 41.5. The van der Waals surface area contributed by atoms with E-state index in [1.807, 2.05) is 0 Å². The molecule has 0 amide bonds. The van der Waals surface area contributed by atoms with E-state index >= 15 is 0 Å². The van der Waals surface area contributed by atoms with E-state index in [2.05, 4.69) is 62.3 Å². The van der Waals surface area contributed by atoms with Crippen molar-refractivity contribution in [3.63, 3.8) is 0 Å². The highest BCUT2D eigenvalue weighted by Gasteiger charge is 2.67. The number of esters is 1. The molecule has 0 aromatic carbocycles. The Morgan fingerprint density at radius 2 is 1.02 bits per heavy atom. The Balaban J connectivity index is 0.000000238. The van der Waals surface area contributed by atoms with E-state index in [0.29, 0.717) is 88.3 Å². The first kappa shape index (κ1) is 54.3. The second-order valence-corrected chi connectivity index (χ2v) is 25.1. The Labute approximate surface area is 397 Å². The summed E-state index contributed by atoms with van der Waals surface area (Å²) in [5.41, 5.74) is 1.08. The number of ether oxygens (including phenoxy) is 1. The third-order valence-corrected chi connectivity index (χ3v) is 22.5. The molecule has 8 saturated carbocycles. The largest absolute Gasteiger partial charge is 0.481 e. The number of fused-ring (bicyclic) bond motifs is 10. The van der Waals surface area contributed by atoms with Crippen molar-refractivity contribution in [1.29, 1.82) is 0 Å². The Hall–Kier alpha value is -1.67. The van der Waals surface area contributed by atoms with Gasteiger partial charge in [-0.25, -0.2) is 0 Å². The van der Waals surface area contributed by atoms with Gasteiger partial charge < -0.3 is 25.2 Å². The van der Waals surface area contributed by atoms with E-state index in [1.165, 1.54) is 70.6 Å². The minimum Gasteiger partial charge on any atom is -0.481 e. The molecule has 65 heavy (non-hydrogen) atoms. The van der Waals surface area contributed by atoms with E-state index in [1.54, 1.807) is 6.92 Å². The van der Waals surface area contributed by atoms with Gasteiger partial charge in [0.15, 0.2) is 0 Å². The predicted octanol–water partition coefficient (Wildman–Crippen LogP) is 13.3. The topological polar surface area (TPSA) is 141 Å². The van der Waals surface area contributed by atoms with Crippen molar-refractivity contribution in [3.05, 3.63) is 0 Å². The van der Waals surface area contributed by atoms with Crippen LogP contribution in [0.25, 0.3) is 0 Å². The predicted molar refractivity (Wildman–Crippen MR) is 262 cm³/mol. The van der Waals surface area contributed by atoms with Crippen molar-refractivity contribution >= 4 is 17.9 Å². The summed E-state index contributed by atoms with van der Waals surface area (Å²) < 4.78 is 6.30. The number of carbonyl (C=O) groups is 3. The Kier molecular flexibility index (Phi) is 17.3. The number of aliphatic hydroxyl groups is 2. The van der Waals surface area contributed by atoms with Crippen molar-refractivity contribution < 1.29 is 39.5 Å². The molecule has 0 radical (unpaired) electrons. The van der Waals surface area contributed by atoms with Crippen LogP contribution in [0, 0.1) is 110 Å². The minimum atomic E-state index is -0.683. The van der Waals surface area contributed by atoms with Gasteiger partial charge in [0.1, 0.15) is 6.10 Å². The second-order valence-electron chi connectivity index (χ2n) is 25.1. The van der Waals surface area contributed by atoms with Crippen LogP contribution in [0.3, 0.4) is 0 Å². The Morgan fingerprint density at radius 3 is 1.49 bits per heavy atom. The zero-order valence-electron chi connectivity index (χ0n) is 41.5. The molecule has 8 nitrogen and oxygen atoms in total. The maximum absolute atomic E-state index is 12.4. The van der Waals surface area contributed by atoms with Crippen molar-refractivity contribution in [3.8, 4) is 0 Å². The van der Waals surface area contributed by atoms with E-state index in [-0.39, 0.29) is 68.2 Å². The fourth-order valence-electron chi connectivity index (χ4n) is 19.5. The van der Waals surface area contributed by atoms with Crippen LogP contribution in [0.4, 0.5) is 0 Å². The molecule has 8 heteroatoms. The third kappa shape index (κ3) is 9.52. The zero-order chi connectivity index (χ0) is 46.0. The summed E-state index contributed by atoms with van der Waals surface area (Å²) in [6, 6.07) is 0. The summed E-state index contributed by atoms with van der Waals surface area (Å²) in [4.78, 5) is 34.7. The van der Waals surface area contributed by atoms with Gasteiger partial charge in [-0.3, -0.25) is 14.4 Å². The highest BCUT2D eigenvalue weighted by Crippen LogP contribution is 2.72. The van der Waals surface area contributed by atoms with Crippen molar-refractivity contribution in [2.75, 3.05) is 0 Å². The number of rotatable bonds is 11. The molecule has 22 atom stereocenters. The second kappa shape index (κ2) is 20.7. The molecule has 0 bridgehead atoms. The van der Waals surface area contributed by atoms with Crippen LogP contribution in [0.15, 0.2) is 0 Å². The van der Waals surface area contributed by atoms with Gasteiger partial charge in [0, 0.05) is 25.7 Å². The average Bonchev–Trinajstić information content (AvgIpc) is 3.77. The fourth-order valence-corrected chi connectivity index (χ4v) is 19.5. The van der Waals surface area contributed by atoms with Crippen LogP contribution in [-0.4, -0.2) is 56.6 Å². The number of carbonyl (C=O) groups excluding carboxylic acids is 1. The van der Waals surface area contributed by atoms with Gasteiger partial charge in [-0.15, -0.1) is 0 Å².